The molecular weight excluding hydrogens is 264 g/mol. The van der Waals surface area contributed by atoms with E-state index in [-0.39, 0.29) is 0 Å². The van der Waals surface area contributed by atoms with Crippen LogP contribution in [0.3, 0.4) is 0 Å². The van der Waals surface area contributed by atoms with Crippen molar-refractivity contribution in [1.29, 1.82) is 0 Å². The third-order valence-electron chi connectivity index (χ3n) is 4.52. The lowest BCUT2D eigenvalue weighted by atomic mass is 9.83. The van der Waals surface area contributed by atoms with Crippen molar-refractivity contribution in [1.82, 2.24) is 4.90 Å². The van der Waals surface area contributed by atoms with Crippen LogP contribution in [0.5, 0.6) is 11.5 Å². The summed E-state index contributed by atoms with van der Waals surface area (Å²) in [6.45, 7) is 6.33. The summed E-state index contributed by atoms with van der Waals surface area (Å²) in [7, 11) is 3.40. The number of nitrogens with zero attached hydrogens (tertiary/aromatic N) is 1. The average molecular weight is 292 g/mol. The number of likely N-dealkylation sites (tertiary alicyclic amines) is 1. The fourth-order valence-electron chi connectivity index (χ4n) is 3.43. The number of piperidine rings is 1. The quantitative estimate of drug-likeness (QED) is 0.906. The average Bonchev–Trinajstić information content (AvgIpc) is 2.53. The molecule has 0 saturated carbocycles. The van der Waals surface area contributed by atoms with Crippen LogP contribution in [0.2, 0.25) is 0 Å². The second-order valence-electron chi connectivity index (χ2n) is 6.02. The van der Waals surface area contributed by atoms with Crippen LogP contribution in [0.15, 0.2) is 18.2 Å². The topological polar surface area (TPSA) is 47.7 Å². The summed E-state index contributed by atoms with van der Waals surface area (Å²) in [6.07, 6.45) is 2.40. The predicted octanol–water partition coefficient (Wildman–Crippen LogP) is 2.82. The van der Waals surface area contributed by atoms with Gasteiger partial charge in [-0.3, -0.25) is 4.90 Å². The Bertz CT molecular complexity index is 462. The molecule has 0 amide bonds. The zero-order valence-corrected chi connectivity index (χ0v) is 13.6. The first-order valence-electron chi connectivity index (χ1n) is 7.80. The van der Waals surface area contributed by atoms with Gasteiger partial charge in [-0.15, -0.1) is 0 Å². The lowest BCUT2D eigenvalue weighted by Crippen LogP contribution is -2.45. The van der Waals surface area contributed by atoms with E-state index in [9.17, 15) is 0 Å². The summed E-state index contributed by atoms with van der Waals surface area (Å²) >= 11 is 0. The highest BCUT2D eigenvalue weighted by Crippen LogP contribution is 2.41. The molecule has 4 heteroatoms. The molecule has 1 saturated heterocycles. The number of methoxy groups -OCH3 is 2. The van der Waals surface area contributed by atoms with Crippen molar-refractivity contribution in [2.45, 2.75) is 38.8 Å². The first-order chi connectivity index (χ1) is 10.1. The minimum absolute atomic E-state index is 0.324. The van der Waals surface area contributed by atoms with Gasteiger partial charge in [0.2, 0.25) is 0 Å². The molecule has 4 nitrogen and oxygen atoms in total. The van der Waals surface area contributed by atoms with E-state index in [1.54, 1.807) is 14.2 Å². The summed E-state index contributed by atoms with van der Waals surface area (Å²) in [6, 6.07) is 6.93. The Morgan fingerprint density at radius 1 is 1.29 bits per heavy atom. The van der Waals surface area contributed by atoms with Gasteiger partial charge in [0.1, 0.15) is 11.5 Å². The van der Waals surface area contributed by atoms with E-state index in [0.29, 0.717) is 24.5 Å². The van der Waals surface area contributed by atoms with Gasteiger partial charge in [0.05, 0.1) is 14.2 Å². The van der Waals surface area contributed by atoms with Gasteiger partial charge in [-0.2, -0.15) is 0 Å². The maximum absolute atomic E-state index is 6.05. The Labute approximate surface area is 128 Å². The molecule has 0 bridgehead atoms. The highest BCUT2D eigenvalue weighted by Gasteiger charge is 2.34. The minimum Gasteiger partial charge on any atom is -0.497 e. The molecule has 1 heterocycles. The van der Waals surface area contributed by atoms with Crippen molar-refractivity contribution in [3.05, 3.63) is 23.8 Å². The van der Waals surface area contributed by atoms with E-state index in [1.807, 2.05) is 12.1 Å². The summed E-state index contributed by atoms with van der Waals surface area (Å²) in [5, 5.41) is 0. The fraction of sp³-hybridized carbons (Fsp3) is 0.647. The summed E-state index contributed by atoms with van der Waals surface area (Å²) < 4.78 is 10.9. The number of ether oxygens (including phenoxy) is 2. The van der Waals surface area contributed by atoms with Gasteiger partial charge in [-0.05, 0) is 51.8 Å². The van der Waals surface area contributed by atoms with Gasteiger partial charge in [-0.25, -0.2) is 0 Å². The molecule has 2 rings (SSSR count). The SMILES string of the molecule is COc1ccc(C2C(CN)CCCN2C(C)C)c(OC)c1. The summed E-state index contributed by atoms with van der Waals surface area (Å²) in [5.74, 6) is 2.19. The van der Waals surface area contributed by atoms with Crippen molar-refractivity contribution < 1.29 is 9.47 Å². The number of benzene rings is 1. The van der Waals surface area contributed by atoms with Gasteiger partial charge in [0, 0.05) is 23.7 Å². The van der Waals surface area contributed by atoms with Crippen LogP contribution in [0, 0.1) is 5.92 Å². The van der Waals surface area contributed by atoms with Gasteiger partial charge in [0.25, 0.3) is 0 Å². The third kappa shape index (κ3) is 3.33. The maximum atomic E-state index is 6.05. The molecule has 1 fully saturated rings. The molecule has 21 heavy (non-hydrogen) atoms. The van der Waals surface area contributed by atoms with Gasteiger partial charge in [0.15, 0.2) is 0 Å². The molecular formula is C17H28N2O2. The van der Waals surface area contributed by atoms with Gasteiger partial charge >= 0.3 is 0 Å². The Hall–Kier alpha value is -1.26. The molecule has 2 N–H and O–H groups in total. The van der Waals surface area contributed by atoms with Crippen molar-refractivity contribution in [3.63, 3.8) is 0 Å². The van der Waals surface area contributed by atoms with E-state index >= 15 is 0 Å². The molecule has 1 aliphatic heterocycles. The first kappa shape index (κ1) is 16.1. The van der Waals surface area contributed by atoms with Gasteiger partial charge < -0.3 is 15.2 Å². The molecule has 0 aromatic heterocycles. The van der Waals surface area contributed by atoms with Crippen LogP contribution in [-0.2, 0) is 0 Å². The number of hydrogen-bond donors (Lipinski definition) is 1. The van der Waals surface area contributed by atoms with Crippen LogP contribution < -0.4 is 15.2 Å². The molecule has 2 atom stereocenters. The Morgan fingerprint density at radius 3 is 2.62 bits per heavy atom. The van der Waals surface area contributed by atoms with Crippen molar-refractivity contribution in [2.24, 2.45) is 11.7 Å². The van der Waals surface area contributed by atoms with E-state index in [4.69, 9.17) is 15.2 Å². The van der Waals surface area contributed by atoms with Crippen LogP contribution in [0.4, 0.5) is 0 Å². The second-order valence-corrected chi connectivity index (χ2v) is 6.02. The molecule has 0 radical (unpaired) electrons. The second kappa shape index (κ2) is 7.14. The van der Waals surface area contributed by atoms with E-state index in [1.165, 1.54) is 18.4 Å². The van der Waals surface area contributed by atoms with E-state index in [2.05, 4.69) is 24.8 Å². The standard InChI is InChI=1S/C17H28N2O2/c1-12(2)19-9-5-6-13(11-18)17(19)15-8-7-14(20-3)10-16(15)21-4/h7-8,10,12-13,17H,5-6,9,11,18H2,1-4H3. The molecule has 2 unspecified atom stereocenters. The zero-order valence-electron chi connectivity index (χ0n) is 13.6. The Morgan fingerprint density at radius 2 is 2.05 bits per heavy atom. The lowest BCUT2D eigenvalue weighted by Gasteiger charge is -2.44. The molecule has 118 valence electrons. The van der Waals surface area contributed by atoms with E-state index in [0.717, 1.165) is 18.0 Å². The monoisotopic (exact) mass is 292 g/mol. The van der Waals surface area contributed by atoms with E-state index < -0.39 is 0 Å². The van der Waals surface area contributed by atoms with Crippen molar-refractivity contribution >= 4 is 0 Å². The molecule has 1 aromatic rings. The largest absolute Gasteiger partial charge is 0.497 e. The number of hydrogen-bond acceptors (Lipinski definition) is 4. The molecule has 1 aliphatic rings. The van der Waals surface area contributed by atoms with Crippen LogP contribution in [0.25, 0.3) is 0 Å². The minimum atomic E-state index is 0.324. The predicted molar refractivity (Wildman–Crippen MR) is 85.9 cm³/mol. The normalized spacial score (nSPS) is 23.3. The maximum Gasteiger partial charge on any atom is 0.127 e. The van der Waals surface area contributed by atoms with Crippen LogP contribution in [0.1, 0.15) is 38.3 Å². The lowest BCUT2D eigenvalue weighted by molar-refractivity contribution is 0.0648. The first-order valence-corrected chi connectivity index (χ1v) is 7.80. The van der Waals surface area contributed by atoms with Crippen molar-refractivity contribution in [2.75, 3.05) is 27.3 Å². The van der Waals surface area contributed by atoms with Gasteiger partial charge in [-0.1, -0.05) is 6.07 Å². The number of nitrogens with two attached hydrogens (primary N) is 1. The summed E-state index contributed by atoms with van der Waals surface area (Å²) in [5.41, 5.74) is 7.27. The smallest absolute Gasteiger partial charge is 0.127 e. The zero-order chi connectivity index (χ0) is 15.4. The number of rotatable bonds is 5. The molecule has 1 aromatic carbocycles. The van der Waals surface area contributed by atoms with Crippen LogP contribution >= 0.6 is 0 Å². The van der Waals surface area contributed by atoms with Crippen LogP contribution in [-0.4, -0.2) is 38.3 Å². The fourth-order valence-corrected chi connectivity index (χ4v) is 3.43. The highest BCUT2D eigenvalue weighted by molar-refractivity contribution is 5.43. The Balaban J connectivity index is 2.43. The van der Waals surface area contributed by atoms with Crippen molar-refractivity contribution in [3.8, 4) is 11.5 Å². The Kier molecular flexibility index (Phi) is 5.48. The molecule has 0 aliphatic carbocycles. The third-order valence-corrected chi connectivity index (χ3v) is 4.52. The summed E-state index contributed by atoms with van der Waals surface area (Å²) in [4.78, 5) is 2.55. The highest BCUT2D eigenvalue weighted by atomic mass is 16.5. The molecule has 0 spiro atoms.